The number of hydrogen-bond donors (Lipinski definition) is 0. The van der Waals surface area contributed by atoms with Crippen molar-refractivity contribution in [1.29, 1.82) is 0 Å². The van der Waals surface area contributed by atoms with Gasteiger partial charge in [-0.2, -0.15) is 0 Å². The van der Waals surface area contributed by atoms with Crippen LogP contribution in [0.25, 0.3) is 0 Å². The molecule has 2 aliphatic rings. The molecule has 1 atom stereocenters. The van der Waals surface area contributed by atoms with E-state index in [0.717, 1.165) is 17.7 Å². The van der Waals surface area contributed by atoms with E-state index in [1.807, 2.05) is 33.4 Å². The van der Waals surface area contributed by atoms with E-state index in [2.05, 4.69) is 0 Å². The molecule has 2 aliphatic heterocycles. The van der Waals surface area contributed by atoms with Crippen molar-refractivity contribution in [2.24, 2.45) is 0 Å². The first-order chi connectivity index (χ1) is 13.6. The van der Waals surface area contributed by atoms with Crippen LogP contribution in [0.15, 0.2) is 41.8 Å². The molecule has 3 heterocycles. The van der Waals surface area contributed by atoms with E-state index in [-0.39, 0.29) is 23.7 Å². The molecule has 1 aromatic heterocycles. The first kappa shape index (κ1) is 18.9. The van der Waals surface area contributed by atoms with Crippen molar-refractivity contribution in [3.63, 3.8) is 0 Å². The average molecular weight is 402 g/mol. The average Bonchev–Trinajstić information content (AvgIpc) is 3.40. The van der Waals surface area contributed by atoms with Crippen molar-refractivity contribution in [1.82, 2.24) is 9.80 Å². The van der Waals surface area contributed by atoms with E-state index < -0.39 is 0 Å². The summed E-state index contributed by atoms with van der Waals surface area (Å²) in [5.41, 5.74) is 0.586. The van der Waals surface area contributed by atoms with Gasteiger partial charge in [0.05, 0.1) is 12.1 Å². The first-order valence-electron chi connectivity index (χ1n) is 9.73. The zero-order valence-electron chi connectivity index (χ0n) is 15.7. The van der Waals surface area contributed by atoms with Crippen molar-refractivity contribution in [2.75, 3.05) is 37.6 Å². The van der Waals surface area contributed by atoms with Crippen LogP contribution in [0.5, 0.6) is 0 Å². The molecule has 0 saturated carbocycles. The number of carbonyl (C=O) groups is 2. The van der Waals surface area contributed by atoms with Gasteiger partial charge in [-0.15, -0.1) is 11.3 Å². The van der Waals surface area contributed by atoms with Crippen LogP contribution in [0.4, 0.5) is 10.1 Å². The molecule has 0 spiro atoms. The number of anilines is 1. The highest BCUT2D eigenvalue weighted by Gasteiger charge is 2.37. The third-order valence-electron chi connectivity index (χ3n) is 5.55. The van der Waals surface area contributed by atoms with E-state index in [0.29, 0.717) is 44.8 Å². The minimum atomic E-state index is -0.354. The van der Waals surface area contributed by atoms with E-state index in [4.69, 9.17) is 0 Å². The molecule has 2 amide bonds. The number of benzene rings is 1. The molecule has 2 aromatic rings. The molecule has 0 radical (unpaired) electrons. The molecule has 0 aliphatic carbocycles. The maximum Gasteiger partial charge on any atom is 0.245 e. The van der Waals surface area contributed by atoms with Gasteiger partial charge >= 0.3 is 0 Å². The van der Waals surface area contributed by atoms with Gasteiger partial charge in [0.15, 0.2) is 0 Å². The zero-order chi connectivity index (χ0) is 19.5. The Morgan fingerprint density at radius 3 is 2.54 bits per heavy atom. The zero-order valence-corrected chi connectivity index (χ0v) is 16.5. The SMILES string of the molecule is O=C(C1CCCN1C(=O)Cc1cccs1)N1CCN(c2ccccc2F)CC1. The van der Waals surface area contributed by atoms with E-state index in [1.165, 1.54) is 6.07 Å². The summed E-state index contributed by atoms with van der Waals surface area (Å²) < 4.78 is 14.0. The minimum Gasteiger partial charge on any atom is -0.366 e. The number of rotatable bonds is 4. The van der Waals surface area contributed by atoms with Crippen LogP contribution in [0.2, 0.25) is 0 Å². The van der Waals surface area contributed by atoms with Crippen molar-refractivity contribution in [3.8, 4) is 0 Å². The van der Waals surface area contributed by atoms with Crippen LogP contribution in [0, 0.1) is 5.82 Å². The van der Waals surface area contributed by atoms with Gasteiger partial charge in [-0.05, 0) is 36.4 Å². The number of hydrogen-bond acceptors (Lipinski definition) is 4. The Balaban J connectivity index is 1.36. The number of para-hydroxylation sites is 1. The predicted octanol–water partition coefficient (Wildman–Crippen LogP) is 2.77. The van der Waals surface area contributed by atoms with Crippen LogP contribution < -0.4 is 4.90 Å². The number of amides is 2. The smallest absolute Gasteiger partial charge is 0.245 e. The Morgan fingerprint density at radius 2 is 1.82 bits per heavy atom. The summed E-state index contributed by atoms with van der Waals surface area (Å²) in [5, 5.41) is 1.96. The highest BCUT2D eigenvalue weighted by molar-refractivity contribution is 7.10. The normalized spacial score (nSPS) is 19.9. The van der Waals surface area contributed by atoms with Gasteiger partial charge in [0.1, 0.15) is 11.9 Å². The molecule has 1 unspecified atom stereocenters. The summed E-state index contributed by atoms with van der Waals surface area (Å²) >= 11 is 1.57. The third kappa shape index (κ3) is 3.90. The van der Waals surface area contributed by atoms with E-state index in [1.54, 1.807) is 28.4 Å². The maximum absolute atomic E-state index is 14.0. The van der Waals surface area contributed by atoms with Crippen molar-refractivity contribution in [2.45, 2.75) is 25.3 Å². The lowest BCUT2D eigenvalue weighted by Gasteiger charge is -2.38. The van der Waals surface area contributed by atoms with Crippen LogP contribution in [-0.4, -0.2) is 60.4 Å². The second-order valence-electron chi connectivity index (χ2n) is 7.27. The molecule has 2 fully saturated rings. The van der Waals surface area contributed by atoms with Crippen molar-refractivity contribution in [3.05, 3.63) is 52.5 Å². The molecule has 2 saturated heterocycles. The third-order valence-corrected chi connectivity index (χ3v) is 6.42. The first-order valence-corrected chi connectivity index (χ1v) is 10.6. The number of piperazine rings is 1. The Labute approximate surface area is 168 Å². The maximum atomic E-state index is 14.0. The molecule has 28 heavy (non-hydrogen) atoms. The molecule has 0 N–H and O–H groups in total. The molecule has 4 rings (SSSR count). The summed E-state index contributed by atoms with van der Waals surface area (Å²) in [4.78, 5) is 32.4. The minimum absolute atomic E-state index is 0.0308. The van der Waals surface area contributed by atoms with E-state index in [9.17, 15) is 14.0 Å². The van der Waals surface area contributed by atoms with Gasteiger partial charge in [0.25, 0.3) is 0 Å². The van der Waals surface area contributed by atoms with E-state index >= 15 is 0 Å². The van der Waals surface area contributed by atoms with Gasteiger partial charge < -0.3 is 14.7 Å². The summed E-state index contributed by atoms with van der Waals surface area (Å²) in [7, 11) is 0. The quantitative estimate of drug-likeness (QED) is 0.791. The lowest BCUT2D eigenvalue weighted by atomic mass is 10.1. The number of carbonyl (C=O) groups excluding carboxylic acids is 2. The highest BCUT2D eigenvalue weighted by atomic mass is 32.1. The second-order valence-corrected chi connectivity index (χ2v) is 8.30. The predicted molar refractivity (Wildman–Crippen MR) is 108 cm³/mol. The lowest BCUT2D eigenvalue weighted by Crippen LogP contribution is -2.54. The van der Waals surface area contributed by atoms with Crippen LogP contribution in [-0.2, 0) is 16.0 Å². The number of nitrogens with zero attached hydrogens (tertiary/aromatic N) is 3. The van der Waals surface area contributed by atoms with Crippen LogP contribution in [0.3, 0.4) is 0 Å². The van der Waals surface area contributed by atoms with Gasteiger partial charge in [0, 0.05) is 37.6 Å². The second kappa shape index (κ2) is 8.31. The van der Waals surface area contributed by atoms with Crippen LogP contribution >= 0.6 is 11.3 Å². The molecule has 0 bridgehead atoms. The summed E-state index contributed by atoms with van der Waals surface area (Å²) in [6.45, 7) is 2.95. The largest absolute Gasteiger partial charge is 0.366 e. The van der Waals surface area contributed by atoms with Crippen molar-refractivity contribution >= 4 is 28.8 Å². The van der Waals surface area contributed by atoms with Gasteiger partial charge in [0.2, 0.25) is 11.8 Å². The summed E-state index contributed by atoms with van der Waals surface area (Å²) in [6.07, 6.45) is 1.95. The Kier molecular flexibility index (Phi) is 5.62. The van der Waals surface area contributed by atoms with Crippen molar-refractivity contribution < 1.29 is 14.0 Å². The fraction of sp³-hybridized carbons (Fsp3) is 0.429. The number of halogens is 1. The Hall–Kier alpha value is -2.41. The Morgan fingerprint density at radius 1 is 1.04 bits per heavy atom. The fourth-order valence-electron chi connectivity index (χ4n) is 4.07. The summed E-state index contributed by atoms with van der Waals surface area (Å²) in [5.74, 6) is -0.170. The number of thiophene rings is 1. The fourth-order valence-corrected chi connectivity index (χ4v) is 4.77. The van der Waals surface area contributed by atoms with Gasteiger partial charge in [-0.25, -0.2) is 4.39 Å². The standard InChI is InChI=1S/C21H24FN3O2S/c22-17-6-1-2-7-18(17)23-10-12-24(13-11-23)21(27)19-8-3-9-25(19)20(26)15-16-5-4-14-28-16/h1-2,4-7,14,19H,3,8-13,15H2. The monoisotopic (exact) mass is 401 g/mol. The molecular weight excluding hydrogens is 377 g/mol. The lowest BCUT2D eigenvalue weighted by molar-refractivity contribution is -0.143. The molecule has 7 heteroatoms. The highest BCUT2D eigenvalue weighted by Crippen LogP contribution is 2.24. The molecule has 5 nitrogen and oxygen atoms in total. The summed E-state index contributed by atoms with van der Waals surface area (Å²) in [6, 6.07) is 10.3. The van der Waals surface area contributed by atoms with Gasteiger partial charge in [-0.3, -0.25) is 9.59 Å². The molecular formula is C21H24FN3O2S. The molecule has 148 valence electrons. The topological polar surface area (TPSA) is 43.9 Å². The molecule has 1 aromatic carbocycles. The van der Waals surface area contributed by atoms with Crippen LogP contribution in [0.1, 0.15) is 17.7 Å². The Bertz CT molecular complexity index is 834. The van der Waals surface area contributed by atoms with Gasteiger partial charge in [-0.1, -0.05) is 18.2 Å². The number of likely N-dealkylation sites (tertiary alicyclic amines) is 1.